The van der Waals surface area contributed by atoms with Gasteiger partial charge in [0.2, 0.25) is 0 Å². The Labute approximate surface area is 126 Å². The van der Waals surface area contributed by atoms with E-state index in [0.717, 1.165) is 0 Å². The van der Waals surface area contributed by atoms with E-state index < -0.39 is 7.60 Å². The molecule has 1 aromatic carbocycles. The third-order valence-corrected chi connectivity index (χ3v) is 2.33. The molecule has 0 amide bonds. The molecule has 0 spiro atoms. The molecule has 0 aliphatic heterocycles. The first kappa shape index (κ1) is 13.5. The molecule has 12 heavy (non-hydrogen) atoms. The fourth-order valence-corrected chi connectivity index (χ4v) is 1.51. The molecule has 3 nitrogen and oxygen atoms in total. The van der Waals surface area contributed by atoms with Gasteiger partial charge in [0.15, 0.2) is 0 Å². The maximum Gasteiger partial charge on any atom is 1.00 e. The molecular formula is C6H7ClO3PRb. The van der Waals surface area contributed by atoms with Gasteiger partial charge in [0.1, 0.15) is 0 Å². The molecule has 0 aliphatic rings. The SMILES string of the molecule is O=P(O)(O)c1cccc(Cl)c1.[H-].[Rb+]. The molecule has 2 N–H and O–H groups in total. The van der Waals surface area contributed by atoms with E-state index in [9.17, 15) is 4.57 Å². The van der Waals surface area contributed by atoms with Crippen molar-refractivity contribution in [2.24, 2.45) is 0 Å². The van der Waals surface area contributed by atoms with E-state index in [1.165, 1.54) is 18.2 Å². The summed E-state index contributed by atoms with van der Waals surface area (Å²) in [4.78, 5) is 17.3. The van der Waals surface area contributed by atoms with Crippen LogP contribution in [0.3, 0.4) is 0 Å². The fraction of sp³-hybridized carbons (Fsp3) is 0. The first-order valence-corrected chi connectivity index (χ1v) is 4.81. The normalized spacial score (nSPS) is 10.6. The molecule has 0 heterocycles. The molecule has 0 bridgehead atoms. The summed E-state index contributed by atoms with van der Waals surface area (Å²) in [7, 11) is -4.13. The minimum absolute atomic E-state index is 0. The van der Waals surface area contributed by atoms with Crippen LogP contribution in [0.1, 0.15) is 1.43 Å². The van der Waals surface area contributed by atoms with Crippen molar-refractivity contribution in [1.82, 2.24) is 0 Å². The molecule has 0 radical (unpaired) electrons. The van der Waals surface area contributed by atoms with Crippen LogP contribution >= 0.6 is 19.2 Å². The quantitative estimate of drug-likeness (QED) is 0.600. The summed E-state index contributed by atoms with van der Waals surface area (Å²) in [5.74, 6) is 0. The molecule has 1 aromatic rings. The van der Waals surface area contributed by atoms with Crippen molar-refractivity contribution in [2.45, 2.75) is 0 Å². The van der Waals surface area contributed by atoms with E-state index in [1.54, 1.807) is 6.07 Å². The van der Waals surface area contributed by atoms with Gasteiger partial charge in [-0.1, -0.05) is 17.7 Å². The second-order valence-electron chi connectivity index (χ2n) is 2.02. The van der Waals surface area contributed by atoms with Crippen LogP contribution in [0.5, 0.6) is 0 Å². The van der Waals surface area contributed by atoms with Gasteiger partial charge in [-0.3, -0.25) is 4.57 Å². The summed E-state index contributed by atoms with van der Waals surface area (Å²) < 4.78 is 10.6. The van der Waals surface area contributed by atoms with Gasteiger partial charge in [-0.25, -0.2) is 0 Å². The van der Waals surface area contributed by atoms with E-state index in [-0.39, 0.29) is 64.9 Å². The van der Waals surface area contributed by atoms with Gasteiger partial charge in [0, 0.05) is 5.02 Å². The van der Waals surface area contributed by atoms with Gasteiger partial charge in [-0.2, -0.15) is 0 Å². The monoisotopic (exact) mass is 278 g/mol. The third kappa shape index (κ3) is 4.12. The van der Waals surface area contributed by atoms with Crippen molar-refractivity contribution in [3.05, 3.63) is 29.3 Å². The molecule has 0 aliphatic carbocycles. The second kappa shape index (κ2) is 5.37. The second-order valence-corrected chi connectivity index (χ2v) is 4.06. The Kier molecular flexibility index (Phi) is 6.03. The van der Waals surface area contributed by atoms with Crippen LogP contribution in [0.15, 0.2) is 24.3 Å². The summed E-state index contributed by atoms with van der Waals surface area (Å²) >= 11 is 5.51. The Balaban J connectivity index is 0. The first-order chi connectivity index (χ1) is 5.00. The topological polar surface area (TPSA) is 57.5 Å². The largest absolute Gasteiger partial charge is 1.00 e. The van der Waals surface area contributed by atoms with Gasteiger partial charge in [0.05, 0.1) is 5.30 Å². The summed E-state index contributed by atoms with van der Waals surface area (Å²) in [5, 5.41) is 0.274. The van der Waals surface area contributed by atoms with Crippen LogP contribution in [-0.2, 0) is 4.57 Å². The Morgan fingerprint density at radius 2 is 2.00 bits per heavy atom. The van der Waals surface area contributed by atoms with Gasteiger partial charge in [0.25, 0.3) is 0 Å². The smallest absolute Gasteiger partial charge is 1.00 e. The van der Waals surface area contributed by atoms with Gasteiger partial charge in [-0.15, -0.1) is 0 Å². The van der Waals surface area contributed by atoms with Crippen molar-refractivity contribution in [3.63, 3.8) is 0 Å². The van der Waals surface area contributed by atoms with Crippen LogP contribution in [0, 0.1) is 0 Å². The molecule has 0 saturated carbocycles. The van der Waals surface area contributed by atoms with Gasteiger partial charge >= 0.3 is 65.8 Å². The van der Waals surface area contributed by atoms with Crippen molar-refractivity contribution < 1.29 is 74.0 Å². The van der Waals surface area contributed by atoms with Crippen LogP contribution in [0.25, 0.3) is 0 Å². The summed E-state index contributed by atoms with van der Waals surface area (Å²) in [6, 6.07) is 5.65. The standard InChI is InChI=1S/C6H6ClO3P.Rb.H/c7-5-2-1-3-6(4-5)11(8,9)10;;/h1-4H,(H2,8,9,10);;/q;+1;-1. The average Bonchev–Trinajstić information content (AvgIpc) is 1.86. The van der Waals surface area contributed by atoms with Gasteiger partial charge < -0.3 is 11.2 Å². The molecule has 0 fully saturated rings. The van der Waals surface area contributed by atoms with Crippen LogP contribution in [0.2, 0.25) is 5.02 Å². The summed E-state index contributed by atoms with van der Waals surface area (Å²) in [6.07, 6.45) is 0. The van der Waals surface area contributed by atoms with E-state index in [4.69, 9.17) is 21.4 Å². The number of rotatable bonds is 1. The van der Waals surface area contributed by atoms with E-state index in [0.29, 0.717) is 5.02 Å². The van der Waals surface area contributed by atoms with E-state index >= 15 is 0 Å². The Hall–Kier alpha value is 1.47. The minimum atomic E-state index is -4.13. The zero-order valence-electron chi connectivity index (χ0n) is 7.44. The van der Waals surface area contributed by atoms with Crippen LogP contribution in [0.4, 0.5) is 0 Å². The molecule has 0 aromatic heterocycles. The minimum Gasteiger partial charge on any atom is -1.00 e. The maximum atomic E-state index is 10.6. The van der Waals surface area contributed by atoms with Crippen LogP contribution in [-0.4, -0.2) is 9.79 Å². The Morgan fingerprint density at radius 3 is 2.33 bits per heavy atom. The van der Waals surface area contributed by atoms with Crippen molar-refractivity contribution in [1.29, 1.82) is 0 Å². The summed E-state index contributed by atoms with van der Waals surface area (Å²) in [5.41, 5.74) is 0. The Morgan fingerprint density at radius 1 is 1.42 bits per heavy atom. The van der Waals surface area contributed by atoms with Crippen molar-refractivity contribution in [2.75, 3.05) is 0 Å². The average molecular weight is 279 g/mol. The molecule has 1 rings (SSSR count). The Bertz CT molecular complexity index is 317. The zero-order chi connectivity index (χ0) is 8.48. The number of hydrogen-bond acceptors (Lipinski definition) is 1. The number of benzene rings is 1. The molecule has 0 saturated heterocycles. The molecular weight excluding hydrogens is 272 g/mol. The number of hydrogen-bond donors (Lipinski definition) is 2. The predicted molar refractivity (Wildman–Crippen MR) is 44.2 cm³/mol. The fourth-order valence-electron chi connectivity index (χ4n) is 0.657. The maximum absolute atomic E-state index is 10.6. The third-order valence-electron chi connectivity index (χ3n) is 1.14. The van der Waals surface area contributed by atoms with Gasteiger partial charge in [-0.05, 0) is 18.2 Å². The molecule has 0 atom stereocenters. The van der Waals surface area contributed by atoms with Crippen LogP contribution < -0.4 is 63.5 Å². The molecule has 6 heteroatoms. The molecule has 0 unspecified atom stereocenters. The van der Waals surface area contributed by atoms with E-state index in [1.807, 2.05) is 0 Å². The summed E-state index contributed by atoms with van der Waals surface area (Å²) in [6.45, 7) is 0. The zero-order valence-corrected chi connectivity index (χ0v) is 13.0. The van der Waals surface area contributed by atoms with Crippen molar-refractivity contribution in [3.8, 4) is 0 Å². The predicted octanol–water partition coefficient (Wildman–Crippen LogP) is -1.74. The van der Waals surface area contributed by atoms with Crippen molar-refractivity contribution >= 4 is 24.5 Å². The first-order valence-electron chi connectivity index (χ1n) is 2.82. The van der Waals surface area contributed by atoms with E-state index in [2.05, 4.69) is 0 Å². The number of halogens is 1. The molecule has 62 valence electrons.